The van der Waals surface area contributed by atoms with Crippen molar-refractivity contribution in [3.05, 3.63) is 48.3 Å². The van der Waals surface area contributed by atoms with E-state index in [1.165, 1.54) is 24.6 Å². The molecule has 3 rings (SSSR count). The number of carbonyl (C=O) groups excluding carboxylic acids is 2. The summed E-state index contributed by atoms with van der Waals surface area (Å²) in [6.45, 7) is 5.21. The Morgan fingerprint density at radius 1 is 1.33 bits per heavy atom. The van der Waals surface area contributed by atoms with Crippen LogP contribution < -0.4 is 0 Å². The molecular formula is C18H16FNO4. The summed E-state index contributed by atoms with van der Waals surface area (Å²) in [6.07, 6.45) is 2.78. The quantitative estimate of drug-likeness (QED) is 0.643. The Labute approximate surface area is 137 Å². The number of halogens is 1. The predicted molar refractivity (Wildman–Crippen MR) is 86.6 cm³/mol. The van der Waals surface area contributed by atoms with Gasteiger partial charge in [-0.15, -0.1) is 0 Å². The summed E-state index contributed by atoms with van der Waals surface area (Å²) in [4.78, 5) is 23.2. The fourth-order valence-corrected chi connectivity index (χ4v) is 2.48. The Bertz CT molecular complexity index is 930. The standard InChI is InChI=1S/C18H16FNO4/c1-18(2,3)24-17(22)20-8-14(11-7-12(9-21)23-10-11)13-5-4-6-15(19)16(13)20/h4-10H,1-3H3. The maximum atomic E-state index is 14.3. The zero-order valence-corrected chi connectivity index (χ0v) is 13.5. The summed E-state index contributed by atoms with van der Waals surface area (Å²) >= 11 is 0. The first-order valence-electron chi connectivity index (χ1n) is 7.37. The van der Waals surface area contributed by atoms with Crippen molar-refractivity contribution in [2.45, 2.75) is 26.4 Å². The first-order chi connectivity index (χ1) is 11.3. The molecule has 0 fully saturated rings. The lowest BCUT2D eigenvalue weighted by Gasteiger charge is -2.19. The minimum Gasteiger partial charge on any atom is -0.461 e. The highest BCUT2D eigenvalue weighted by atomic mass is 19.1. The van der Waals surface area contributed by atoms with Crippen LogP contribution in [0, 0.1) is 5.82 Å². The summed E-state index contributed by atoms with van der Waals surface area (Å²) < 4.78 is 25.9. The van der Waals surface area contributed by atoms with Crippen molar-refractivity contribution in [2.24, 2.45) is 0 Å². The minimum absolute atomic E-state index is 0.121. The van der Waals surface area contributed by atoms with Gasteiger partial charge in [0.15, 0.2) is 12.0 Å². The molecule has 0 aliphatic rings. The second-order valence-electron chi connectivity index (χ2n) is 6.38. The van der Waals surface area contributed by atoms with E-state index >= 15 is 0 Å². The normalized spacial score (nSPS) is 11.7. The maximum Gasteiger partial charge on any atom is 0.419 e. The van der Waals surface area contributed by atoms with Crippen molar-refractivity contribution in [2.75, 3.05) is 0 Å². The first kappa shape index (κ1) is 16.0. The van der Waals surface area contributed by atoms with Gasteiger partial charge in [0.05, 0.1) is 11.8 Å². The van der Waals surface area contributed by atoms with Gasteiger partial charge < -0.3 is 9.15 Å². The highest BCUT2D eigenvalue weighted by Crippen LogP contribution is 2.33. The molecule has 0 amide bonds. The second kappa shape index (κ2) is 5.63. The van der Waals surface area contributed by atoms with Crippen LogP contribution in [0.3, 0.4) is 0 Å². The summed E-state index contributed by atoms with van der Waals surface area (Å²) in [6, 6.07) is 6.06. The number of fused-ring (bicyclic) bond motifs is 1. The number of furan rings is 1. The van der Waals surface area contributed by atoms with Gasteiger partial charge in [0.25, 0.3) is 0 Å². The van der Waals surface area contributed by atoms with Crippen molar-refractivity contribution >= 4 is 23.3 Å². The Balaban J connectivity index is 2.20. The molecule has 0 bridgehead atoms. The summed E-state index contributed by atoms with van der Waals surface area (Å²) in [5.41, 5.74) is 0.567. The van der Waals surface area contributed by atoms with Crippen molar-refractivity contribution in [1.82, 2.24) is 4.57 Å². The predicted octanol–water partition coefficient (Wildman–Crippen LogP) is 4.64. The fraction of sp³-hybridized carbons (Fsp3) is 0.222. The van der Waals surface area contributed by atoms with E-state index in [0.717, 1.165) is 4.57 Å². The minimum atomic E-state index is -0.709. The van der Waals surface area contributed by atoms with Gasteiger partial charge in [0, 0.05) is 22.7 Å². The number of para-hydroxylation sites is 1. The molecule has 0 aliphatic heterocycles. The van der Waals surface area contributed by atoms with Gasteiger partial charge in [-0.3, -0.25) is 4.79 Å². The number of nitrogens with zero attached hydrogens (tertiary/aromatic N) is 1. The summed E-state index contributed by atoms with van der Waals surface area (Å²) in [5.74, 6) is -0.386. The molecule has 0 saturated carbocycles. The molecule has 2 heterocycles. The third-order valence-corrected chi connectivity index (χ3v) is 3.41. The first-order valence-corrected chi connectivity index (χ1v) is 7.37. The van der Waals surface area contributed by atoms with E-state index in [2.05, 4.69) is 0 Å². The topological polar surface area (TPSA) is 61.4 Å². The van der Waals surface area contributed by atoms with E-state index in [9.17, 15) is 14.0 Å². The fourth-order valence-electron chi connectivity index (χ4n) is 2.48. The lowest BCUT2D eigenvalue weighted by Crippen LogP contribution is -2.26. The van der Waals surface area contributed by atoms with Crippen LogP contribution in [0.15, 0.2) is 41.1 Å². The van der Waals surface area contributed by atoms with Crippen LogP contribution in [-0.2, 0) is 4.74 Å². The Hall–Kier alpha value is -2.89. The summed E-state index contributed by atoms with van der Waals surface area (Å²) in [5, 5.41) is 0.527. The highest BCUT2D eigenvalue weighted by Gasteiger charge is 2.23. The van der Waals surface area contributed by atoms with E-state index in [0.29, 0.717) is 22.8 Å². The number of benzene rings is 1. The van der Waals surface area contributed by atoms with Crippen LogP contribution in [0.2, 0.25) is 0 Å². The molecule has 0 atom stereocenters. The van der Waals surface area contributed by atoms with Gasteiger partial charge in [-0.25, -0.2) is 13.8 Å². The van der Waals surface area contributed by atoms with Gasteiger partial charge in [-0.05, 0) is 32.9 Å². The maximum absolute atomic E-state index is 14.3. The van der Waals surface area contributed by atoms with Crippen molar-refractivity contribution < 1.29 is 23.1 Å². The molecule has 0 aliphatic carbocycles. The van der Waals surface area contributed by atoms with Gasteiger partial charge in [0.1, 0.15) is 11.4 Å². The smallest absolute Gasteiger partial charge is 0.419 e. The average molecular weight is 329 g/mol. The number of aromatic nitrogens is 1. The molecule has 5 nitrogen and oxygen atoms in total. The van der Waals surface area contributed by atoms with Crippen molar-refractivity contribution in [3.8, 4) is 11.1 Å². The van der Waals surface area contributed by atoms with E-state index in [4.69, 9.17) is 9.15 Å². The highest BCUT2D eigenvalue weighted by molar-refractivity contribution is 6.01. The lowest BCUT2D eigenvalue weighted by atomic mass is 10.1. The van der Waals surface area contributed by atoms with E-state index in [1.54, 1.807) is 32.9 Å². The molecule has 2 aromatic heterocycles. The molecular weight excluding hydrogens is 313 g/mol. The second-order valence-corrected chi connectivity index (χ2v) is 6.38. The van der Waals surface area contributed by atoms with Crippen molar-refractivity contribution in [3.63, 3.8) is 0 Å². The number of aldehydes is 1. The van der Waals surface area contributed by atoms with Crippen molar-refractivity contribution in [1.29, 1.82) is 0 Å². The van der Waals surface area contributed by atoms with Gasteiger partial charge >= 0.3 is 6.09 Å². The molecule has 0 unspecified atom stereocenters. The zero-order valence-electron chi connectivity index (χ0n) is 13.5. The number of hydrogen-bond acceptors (Lipinski definition) is 4. The van der Waals surface area contributed by atoms with E-state index in [1.807, 2.05) is 0 Å². The van der Waals surface area contributed by atoms with Crippen LogP contribution >= 0.6 is 0 Å². The molecule has 24 heavy (non-hydrogen) atoms. The number of carbonyl (C=O) groups is 2. The molecule has 0 N–H and O–H groups in total. The van der Waals surface area contributed by atoms with Crippen LogP contribution in [-0.4, -0.2) is 22.5 Å². The molecule has 0 radical (unpaired) electrons. The third-order valence-electron chi connectivity index (χ3n) is 3.41. The molecule has 6 heteroatoms. The van der Waals surface area contributed by atoms with Gasteiger partial charge in [-0.1, -0.05) is 12.1 Å². The summed E-state index contributed by atoms with van der Waals surface area (Å²) in [7, 11) is 0. The van der Waals surface area contributed by atoms with Crippen LogP contribution in [0.25, 0.3) is 22.0 Å². The Morgan fingerprint density at radius 2 is 2.08 bits per heavy atom. The number of ether oxygens (including phenoxy) is 1. The third kappa shape index (κ3) is 2.82. The largest absolute Gasteiger partial charge is 0.461 e. The van der Waals surface area contributed by atoms with Crippen LogP contribution in [0.5, 0.6) is 0 Å². The average Bonchev–Trinajstić information content (AvgIpc) is 3.09. The molecule has 1 aromatic carbocycles. The zero-order chi connectivity index (χ0) is 17.5. The van der Waals surface area contributed by atoms with Crippen LogP contribution in [0.1, 0.15) is 31.3 Å². The van der Waals surface area contributed by atoms with Crippen LogP contribution in [0.4, 0.5) is 9.18 Å². The molecule has 0 saturated heterocycles. The lowest BCUT2D eigenvalue weighted by molar-refractivity contribution is 0.0543. The Morgan fingerprint density at radius 3 is 2.71 bits per heavy atom. The van der Waals surface area contributed by atoms with E-state index in [-0.39, 0.29) is 11.3 Å². The molecule has 0 spiro atoms. The Kier molecular flexibility index (Phi) is 3.75. The van der Waals surface area contributed by atoms with Gasteiger partial charge in [-0.2, -0.15) is 0 Å². The number of rotatable bonds is 2. The molecule has 124 valence electrons. The molecule has 3 aromatic rings. The van der Waals surface area contributed by atoms with Gasteiger partial charge in [0.2, 0.25) is 0 Å². The SMILES string of the molecule is CC(C)(C)OC(=O)n1cc(-c2coc(C=O)c2)c2cccc(F)c21. The monoisotopic (exact) mass is 329 g/mol. The van der Waals surface area contributed by atoms with E-state index < -0.39 is 17.5 Å². The number of hydrogen-bond donors (Lipinski definition) is 0.